The first-order valence-corrected chi connectivity index (χ1v) is 5.92. The van der Waals surface area contributed by atoms with E-state index in [1.165, 1.54) is 18.4 Å². The third kappa shape index (κ3) is 2.24. The van der Waals surface area contributed by atoms with E-state index in [1.54, 1.807) is 6.92 Å². The third-order valence-electron chi connectivity index (χ3n) is 3.17. The molecule has 0 saturated heterocycles. The molecule has 0 amide bonds. The second kappa shape index (κ2) is 4.00. The molecule has 5 heteroatoms. The van der Waals surface area contributed by atoms with Gasteiger partial charge in [-0.3, -0.25) is 0 Å². The Bertz CT molecular complexity index is 512. The van der Waals surface area contributed by atoms with Gasteiger partial charge in [-0.1, -0.05) is 0 Å². The summed E-state index contributed by atoms with van der Waals surface area (Å²) < 4.78 is 7.37. The molecule has 3 rings (SSSR count). The van der Waals surface area contributed by atoms with Gasteiger partial charge in [0.2, 0.25) is 11.8 Å². The van der Waals surface area contributed by atoms with E-state index in [-0.39, 0.29) is 6.04 Å². The molecular weight excluding hydrogens is 216 g/mol. The Morgan fingerprint density at radius 2 is 2.35 bits per heavy atom. The number of aromatic nitrogens is 3. The van der Waals surface area contributed by atoms with E-state index >= 15 is 0 Å². The van der Waals surface area contributed by atoms with Gasteiger partial charge in [0.25, 0.3) is 0 Å². The van der Waals surface area contributed by atoms with Crippen molar-refractivity contribution in [3.8, 4) is 0 Å². The zero-order valence-electron chi connectivity index (χ0n) is 9.84. The van der Waals surface area contributed by atoms with E-state index in [0.717, 1.165) is 0 Å². The first-order valence-electron chi connectivity index (χ1n) is 5.92. The van der Waals surface area contributed by atoms with Crippen LogP contribution in [-0.4, -0.2) is 14.8 Å². The summed E-state index contributed by atoms with van der Waals surface area (Å²) >= 11 is 0. The van der Waals surface area contributed by atoms with Crippen LogP contribution in [0.4, 0.5) is 0 Å². The number of rotatable bonds is 4. The van der Waals surface area contributed by atoms with Crippen LogP contribution in [0.5, 0.6) is 0 Å². The Hall–Kier alpha value is -1.62. The van der Waals surface area contributed by atoms with Gasteiger partial charge in [-0.2, -0.15) is 0 Å². The number of nitrogens with zero attached hydrogens (tertiary/aromatic N) is 3. The highest BCUT2D eigenvalue weighted by Gasteiger charge is 2.29. The molecule has 0 spiro atoms. The van der Waals surface area contributed by atoms with Gasteiger partial charge in [0, 0.05) is 25.4 Å². The van der Waals surface area contributed by atoms with E-state index in [2.05, 4.69) is 22.5 Å². The smallest absolute Gasteiger partial charge is 0.236 e. The minimum atomic E-state index is 0.181. The van der Waals surface area contributed by atoms with Gasteiger partial charge in [0.1, 0.15) is 6.54 Å². The molecule has 1 unspecified atom stereocenters. The van der Waals surface area contributed by atoms with Crippen LogP contribution >= 0.6 is 0 Å². The molecule has 0 bridgehead atoms. The van der Waals surface area contributed by atoms with Crippen LogP contribution in [0.1, 0.15) is 36.2 Å². The predicted octanol–water partition coefficient (Wildman–Crippen LogP) is 1.64. The predicted molar refractivity (Wildman–Crippen MR) is 62.2 cm³/mol. The van der Waals surface area contributed by atoms with Crippen molar-refractivity contribution in [2.24, 2.45) is 11.7 Å². The van der Waals surface area contributed by atoms with Crippen molar-refractivity contribution in [1.29, 1.82) is 0 Å². The Morgan fingerprint density at radius 3 is 3.00 bits per heavy atom. The Balaban J connectivity index is 1.71. The van der Waals surface area contributed by atoms with E-state index in [9.17, 15) is 0 Å². The van der Waals surface area contributed by atoms with Crippen LogP contribution in [0, 0.1) is 12.8 Å². The van der Waals surface area contributed by atoms with Gasteiger partial charge in [0.05, 0.1) is 0 Å². The molecule has 1 atom stereocenters. The van der Waals surface area contributed by atoms with Gasteiger partial charge >= 0.3 is 0 Å². The molecule has 0 aliphatic heterocycles. The maximum absolute atomic E-state index is 6.15. The van der Waals surface area contributed by atoms with Crippen molar-refractivity contribution >= 4 is 0 Å². The summed E-state index contributed by atoms with van der Waals surface area (Å²) in [5, 5.41) is 7.78. The SMILES string of the molecule is Cc1nnc(Cn2ccc(C(N)C3CC3)c2)o1. The Morgan fingerprint density at radius 1 is 1.53 bits per heavy atom. The van der Waals surface area contributed by atoms with Gasteiger partial charge in [0.15, 0.2) is 0 Å². The van der Waals surface area contributed by atoms with Gasteiger partial charge < -0.3 is 14.7 Å². The number of hydrogen-bond donors (Lipinski definition) is 1. The van der Waals surface area contributed by atoms with E-state index in [0.29, 0.717) is 24.2 Å². The lowest BCUT2D eigenvalue weighted by Crippen LogP contribution is -2.11. The third-order valence-corrected chi connectivity index (χ3v) is 3.17. The lowest BCUT2D eigenvalue weighted by molar-refractivity contribution is 0.454. The average Bonchev–Trinajstić information content (AvgIpc) is 2.93. The summed E-state index contributed by atoms with van der Waals surface area (Å²) in [4.78, 5) is 0. The molecule has 5 nitrogen and oxygen atoms in total. The van der Waals surface area contributed by atoms with Crippen molar-refractivity contribution < 1.29 is 4.42 Å². The largest absolute Gasteiger partial charge is 0.424 e. The van der Waals surface area contributed by atoms with Crippen molar-refractivity contribution in [3.63, 3.8) is 0 Å². The van der Waals surface area contributed by atoms with Crippen LogP contribution in [0.3, 0.4) is 0 Å². The maximum atomic E-state index is 6.15. The molecule has 90 valence electrons. The van der Waals surface area contributed by atoms with Crippen LogP contribution in [0.15, 0.2) is 22.9 Å². The zero-order chi connectivity index (χ0) is 11.8. The van der Waals surface area contributed by atoms with Crippen molar-refractivity contribution in [1.82, 2.24) is 14.8 Å². The van der Waals surface area contributed by atoms with Crippen LogP contribution in [0.25, 0.3) is 0 Å². The van der Waals surface area contributed by atoms with Gasteiger partial charge in [-0.25, -0.2) is 0 Å². The molecule has 1 fully saturated rings. The summed E-state index contributed by atoms with van der Waals surface area (Å²) in [6.07, 6.45) is 6.60. The minimum Gasteiger partial charge on any atom is -0.424 e. The number of hydrogen-bond acceptors (Lipinski definition) is 4. The average molecular weight is 232 g/mol. The molecule has 2 aromatic rings. The fourth-order valence-corrected chi connectivity index (χ4v) is 2.04. The second-order valence-electron chi connectivity index (χ2n) is 4.70. The van der Waals surface area contributed by atoms with Crippen LogP contribution < -0.4 is 5.73 Å². The Kier molecular flexibility index (Phi) is 2.48. The van der Waals surface area contributed by atoms with E-state index in [1.807, 2.05) is 10.8 Å². The van der Waals surface area contributed by atoms with Gasteiger partial charge in [-0.15, -0.1) is 10.2 Å². The molecular formula is C12H16N4O. The maximum Gasteiger partial charge on any atom is 0.236 e. The summed E-state index contributed by atoms with van der Waals surface area (Å²) in [6, 6.07) is 2.26. The molecule has 1 saturated carbocycles. The minimum absolute atomic E-state index is 0.181. The van der Waals surface area contributed by atoms with Crippen LogP contribution in [-0.2, 0) is 6.54 Å². The molecule has 1 aliphatic carbocycles. The zero-order valence-corrected chi connectivity index (χ0v) is 9.84. The van der Waals surface area contributed by atoms with Crippen molar-refractivity contribution in [2.45, 2.75) is 32.4 Å². The van der Waals surface area contributed by atoms with Crippen LogP contribution in [0.2, 0.25) is 0 Å². The number of aryl methyl sites for hydroxylation is 1. The fraction of sp³-hybridized carbons (Fsp3) is 0.500. The van der Waals surface area contributed by atoms with E-state index < -0.39 is 0 Å². The fourth-order valence-electron chi connectivity index (χ4n) is 2.04. The van der Waals surface area contributed by atoms with Crippen molar-refractivity contribution in [2.75, 3.05) is 0 Å². The first-order chi connectivity index (χ1) is 8.22. The molecule has 17 heavy (non-hydrogen) atoms. The first kappa shape index (κ1) is 10.5. The second-order valence-corrected chi connectivity index (χ2v) is 4.70. The summed E-state index contributed by atoms with van der Waals surface area (Å²) in [5.74, 6) is 1.91. The summed E-state index contributed by atoms with van der Waals surface area (Å²) in [6.45, 7) is 2.40. The molecule has 0 radical (unpaired) electrons. The monoisotopic (exact) mass is 232 g/mol. The molecule has 2 aromatic heterocycles. The molecule has 1 aliphatic rings. The van der Waals surface area contributed by atoms with Crippen molar-refractivity contribution in [3.05, 3.63) is 35.8 Å². The summed E-state index contributed by atoms with van der Waals surface area (Å²) in [5.41, 5.74) is 7.34. The molecule has 0 aromatic carbocycles. The lowest BCUT2D eigenvalue weighted by Gasteiger charge is -2.06. The highest BCUT2D eigenvalue weighted by molar-refractivity contribution is 5.18. The summed E-state index contributed by atoms with van der Waals surface area (Å²) in [7, 11) is 0. The normalized spacial score (nSPS) is 17.3. The molecule has 2 heterocycles. The van der Waals surface area contributed by atoms with E-state index in [4.69, 9.17) is 10.2 Å². The topological polar surface area (TPSA) is 69.9 Å². The van der Waals surface area contributed by atoms with Gasteiger partial charge in [-0.05, 0) is 30.4 Å². The highest BCUT2D eigenvalue weighted by Crippen LogP contribution is 2.39. The molecule has 2 N–H and O–H groups in total. The number of nitrogens with two attached hydrogens (primary N) is 1. The Labute approximate surface area is 99.6 Å². The standard InChI is InChI=1S/C12H16N4O/c1-8-14-15-11(17-8)7-16-5-4-10(6-16)12(13)9-2-3-9/h4-6,9,12H,2-3,7,13H2,1H3. The quantitative estimate of drug-likeness (QED) is 0.870. The highest BCUT2D eigenvalue weighted by atomic mass is 16.4. The lowest BCUT2D eigenvalue weighted by atomic mass is 10.1.